The monoisotopic (exact) mass is 316 g/mol. The van der Waals surface area contributed by atoms with Crippen molar-refractivity contribution in [2.24, 2.45) is 5.92 Å². The van der Waals surface area contributed by atoms with E-state index in [9.17, 15) is 4.79 Å². The number of amides is 1. The fourth-order valence-electron chi connectivity index (χ4n) is 3.72. The molecule has 0 aliphatic carbocycles. The number of carbonyl (C=O) groups is 1. The molecule has 0 bridgehead atoms. The maximum absolute atomic E-state index is 12.0. The van der Waals surface area contributed by atoms with Crippen molar-refractivity contribution in [2.75, 3.05) is 39.9 Å². The molecule has 1 amide bonds. The standard InChI is InChI=1S/C19H28N2O2/c1-23-11-10-21-15-18(13-19(21)22)12-16-4-6-17(7-5-16)14-20-8-2-3-9-20/h4-7,18H,2-3,8-15H2,1H3/t18-/m0/s1. The molecule has 1 aromatic rings. The molecule has 2 heterocycles. The fraction of sp³-hybridized carbons (Fsp3) is 0.632. The van der Waals surface area contributed by atoms with E-state index in [0.29, 0.717) is 18.9 Å². The van der Waals surface area contributed by atoms with Gasteiger partial charge in [0.15, 0.2) is 0 Å². The second-order valence-electron chi connectivity index (χ2n) is 6.91. The SMILES string of the molecule is COCCN1C[C@@H](Cc2ccc(CN3CCCC3)cc2)CC1=O. The first-order chi connectivity index (χ1) is 11.2. The maximum atomic E-state index is 12.0. The van der Waals surface area contributed by atoms with Crippen LogP contribution in [0, 0.1) is 5.92 Å². The molecule has 2 aliphatic heterocycles. The third kappa shape index (κ3) is 4.55. The topological polar surface area (TPSA) is 32.8 Å². The Morgan fingerprint density at radius 2 is 1.83 bits per heavy atom. The summed E-state index contributed by atoms with van der Waals surface area (Å²) in [5.41, 5.74) is 2.75. The van der Waals surface area contributed by atoms with Crippen LogP contribution in [0.5, 0.6) is 0 Å². The molecule has 126 valence electrons. The summed E-state index contributed by atoms with van der Waals surface area (Å²) in [6, 6.07) is 9.00. The van der Waals surface area contributed by atoms with Gasteiger partial charge in [0.25, 0.3) is 0 Å². The Morgan fingerprint density at radius 3 is 2.52 bits per heavy atom. The molecular weight excluding hydrogens is 288 g/mol. The summed E-state index contributed by atoms with van der Waals surface area (Å²) in [6.45, 7) is 5.78. The number of benzene rings is 1. The molecule has 2 aliphatic rings. The minimum atomic E-state index is 0.276. The normalized spacial score (nSPS) is 22.2. The van der Waals surface area contributed by atoms with E-state index in [1.165, 1.54) is 37.1 Å². The highest BCUT2D eigenvalue weighted by Crippen LogP contribution is 2.22. The highest BCUT2D eigenvalue weighted by Gasteiger charge is 2.29. The highest BCUT2D eigenvalue weighted by molar-refractivity contribution is 5.78. The number of carbonyl (C=O) groups excluding carboxylic acids is 1. The molecule has 4 heteroatoms. The van der Waals surface area contributed by atoms with Gasteiger partial charge >= 0.3 is 0 Å². The van der Waals surface area contributed by atoms with E-state index in [-0.39, 0.29) is 5.91 Å². The van der Waals surface area contributed by atoms with E-state index < -0.39 is 0 Å². The lowest BCUT2D eigenvalue weighted by molar-refractivity contribution is -0.128. The van der Waals surface area contributed by atoms with Crippen LogP contribution in [0.4, 0.5) is 0 Å². The minimum absolute atomic E-state index is 0.276. The van der Waals surface area contributed by atoms with Crippen LogP contribution < -0.4 is 0 Å². The molecule has 2 fully saturated rings. The molecule has 3 rings (SSSR count). The molecule has 4 nitrogen and oxygen atoms in total. The predicted molar refractivity (Wildman–Crippen MR) is 91.2 cm³/mol. The van der Waals surface area contributed by atoms with Crippen LogP contribution in [-0.2, 0) is 22.5 Å². The molecule has 0 N–H and O–H groups in total. The van der Waals surface area contributed by atoms with Crippen LogP contribution >= 0.6 is 0 Å². The van der Waals surface area contributed by atoms with E-state index in [1.807, 2.05) is 4.90 Å². The molecule has 0 unspecified atom stereocenters. The van der Waals surface area contributed by atoms with Gasteiger partial charge in [0.05, 0.1) is 6.61 Å². The lowest BCUT2D eigenvalue weighted by Gasteiger charge is -2.16. The summed E-state index contributed by atoms with van der Waals surface area (Å²) in [7, 11) is 1.68. The van der Waals surface area contributed by atoms with Crippen LogP contribution in [0.2, 0.25) is 0 Å². The highest BCUT2D eigenvalue weighted by atomic mass is 16.5. The quantitative estimate of drug-likeness (QED) is 0.774. The van der Waals surface area contributed by atoms with Crippen molar-refractivity contribution in [1.29, 1.82) is 0 Å². The zero-order valence-corrected chi connectivity index (χ0v) is 14.2. The summed E-state index contributed by atoms with van der Waals surface area (Å²) in [5, 5.41) is 0. The largest absolute Gasteiger partial charge is 0.383 e. The molecule has 0 radical (unpaired) electrons. The Balaban J connectivity index is 1.49. The molecule has 0 spiro atoms. The zero-order valence-electron chi connectivity index (χ0n) is 14.2. The Kier molecular flexibility index (Phi) is 5.68. The number of methoxy groups -OCH3 is 1. The third-order valence-corrected chi connectivity index (χ3v) is 5.01. The van der Waals surface area contributed by atoms with Gasteiger partial charge in [0.2, 0.25) is 5.91 Å². The van der Waals surface area contributed by atoms with Crippen LogP contribution in [0.1, 0.15) is 30.4 Å². The molecule has 2 saturated heterocycles. The second kappa shape index (κ2) is 7.93. The number of ether oxygens (including phenoxy) is 1. The summed E-state index contributed by atoms with van der Waals surface area (Å²) >= 11 is 0. The molecule has 0 aromatic heterocycles. The van der Waals surface area contributed by atoms with E-state index in [2.05, 4.69) is 29.2 Å². The van der Waals surface area contributed by atoms with Crippen molar-refractivity contribution in [3.05, 3.63) is 35.4 Å². The maximum Gasteiger partial charge on any atom is 0.223 e. The average Bonchev–Trinajstić information content (AvgIpc) is 3.17. The number of likely N-dealkylation sites (tertiary alicyclic amines) is 2. The Hall–Kier alpha value is -1.39. The van der Waals surface area contributed by atoms with Gasteiger partial charge < -0.3 is 9.64 Å². The molecular formula is C19H28N2O2. The van der Waals surface area contributed by atoms with Crippen molar-refractivity contribution >= 4 is 5.91 Å². The smallest absolute Gasteiger partial charge is 0.223 e. The summed E-state index contributed by atoms with van der Waals surface area (Å²) in [5.74, 6) is 0.724. The number of hydrogen-bond donors (Lipinski definition) is 0. The van der Waals surface area contributed by atoms with E-state index in [1.54, 1.807) is 7.11 Å². The van der Waals surface area contributed by atoms with Crippen LogP contribution in [0.25, 0.3) is 0 Å². The van der Waals surface area contributed by atoms with Gasteiger partial charge in [-0.25, -0.2) is 0 Å². The molecule has 0 saturated carbocycles. The van der Waals surface area contributed by atoms with Gasteiger partial charge in [-0.05, 0) is 49.4 Å². The van der Waals surface area contributed by atoms with Crippen molar-refractivity contribution in [1.82, 2.24) is 9.80 Å². The van der Waals surface area contributed by atoms with Crippen molar-refractivity contribution in [3.63, 3.8) is 0 Å². The lowest BCUT2D eigenvalue weighted by Crippen LogP contribution is -2.28. The first-order valence-corrected chi connectivity index (χ1v) is 8.81. The predicted octanol–water partition coefficient (Wildman–Crippen LogP) is 2.32. The van der Waals surface area contributed by atoms with Crippen LogP contribution in [0.15, 0.2) is 24.3 Å². The molecule has 1 aromatic carbocycles. The van der Waals surface area contributed by atoms with Crippen molar-refractivity contribution in [3.8, 4) is 0 Å². The Labute approximate surface area is 139 Å². The zero-order chi connectivity index (χ0) is 16.1. The van der Waals surface area contributed by atoms with E-state index in [4.69, 9.17) is 4.74 Å². The van der Waals surface area contributed by atoms with Gasteiger partial charge in [-0.3, -0.25) is 9.69 Å². The van der Waals surface area contributed by atoms with Gasteiger partial charge in [-0.15, -0.1) is 0 Å². The minimum Gasteiger partial charge on any atom is -0.383 e. The average molecular weight is 316 g/mol. The lowest BCUT2D eigenvalue weighted by atomic mass is 9.98. The number of hydrogen-bond acceptors (Lipinski definition) is 3. The van der Waals surface area contributed by atoms with Gasteiger partial charge in [-0.2, -0.15) is 0 Å². The van der Waals surface area contributed by atoms with Gasteiger partial charge in [0.1, 0.15) is 0 Å². The van der Waals surface area contributed by atoms with Gasteiger partial charge in [0, 0.05) is 33.2 Å². The second-order valence-corrected chi connectivity index (χ2v) is 6.91. The summed E-state index contributed by atoms with van der Waals surface area (Å²) in [4.78, 5) is 16.5. The fourth-order valence-corrected chi connectivity index (χ4v) is 3.72. The first kappa shape index (κ1) is 16.5. The van der Waals surface area contributed by atoms with E-state index >= 15 is 0 Å². The third-order valence-electron chi connectivity index (χ3n) is 5.01. The Bertz CT molecular complexity index is 509. The summed E-state index contributed by atoms with van der Waals surface area (Å²) in [6.07, 6.45) is 4.36. The van der Waals surface area contributed by atoms with Crippen molar-refractivity contribution < 1.29 is 9.53 Å². The number of nitrogens with zero attached hydrogens (tertiary/aromatic N) is 2. The Morgan fingerprint density at radius 1 is 1.13 bits per heavy atom. The summed E-state index contributed by atoms with van der Waals surface area (Å²) < 4.78 is 5.08. The first-order valence-electron chi connectivity index (χ1n) is 8.81. The van der Waals surface area contributed by atoms with Crippen molar-refractivity contribution in [2.45, 2.75) is 32.2 Å². The number of rotatable bonds is 7. The molecule has 1 atom stereocenters. The van der Waals surface area contributed by atoms with E-state index in [0.717, 1.165) is 26.1 Å². The van der Waals surface area contributed by atoms with Gasteiger partial charge in [-0.1, -0.05) is 24.3 Å². The van der Waals surface area contributed by atoms with Crippen LogP contribution in [0.3, 0.4) is 0 Å². The molecule has 23 heavy (non-hydrogen) atoms. The van der Waals surface area contributed by atoms with Crippen LogP contribution in [-0.4, -0.2) is 55.6 Å².